The Morgan fingerprint density at radius 2 is 1.71 bits per heavy atom. The molecule has 8 nitrogen and oxygen atoms in total. The van der Waals surface area contributed by atoms with Crippen molar-refractivity contribution in [3.8, 4) is 0 Å². The van der Waals surface area contributed by atoms with Crippen LogP contribution >= 0.6 is 0 Å². The largest absolute Gasteiger partial charge is 0.417 e. The van der Waals surface area contributed by atoms with Crippen molar-refractivity contribution >= 4 is 6.09 Å². The molecule has 8 heteroatoms. The second kappa shape index (κ2) is 5.73. The first-order valence-electron chi connectivity index (χ1n) is 3.69. The summed E-state index contributed by atoms with van der Waals surface area (Å²) in [5, 5.41) is 44.1. The fraction of sp³-hybridized carbons (Fsp3) is 0.833. The average molecular weight is 211 g/mol. The van der Waals surface area contributed by atoms with Crippen LogP contribution in [-0.4, -0.2) is 62.8 Å². The van der Waals surface area contributed by atoms with Crippen LogP contribution in [0, 0.1) is 0 Å². The van der Waals surface area contributed by atoms with Gasteiger partial charge in [0, 0.05) is 0 Å². The molecule has 0 aliphatic carbocycles. The highest BCUT2D eigenvalue weighted by atomic mass is 16.7. The molecule has 0 fully saturated rings. The Labute approximate surface area is 79.2 Å². The fourth-order valence-corrected chi connectivity index (χ4v) is 0.693. The van der Waals surface area contributed by atoms with E-state index in [0.717, 1.165) is 0 Å². The zero-order valence-electron chi connectivity index (χ0n) is 7.15. The Hall–Kier alpha value is -0.930. The summed E-state index contributed by atoms with van der Waals surface area (Å²) in [4.78, 5) is 10.1. The van der Waals surface area contributed by atoms with Gasteiger partial charge in [0.05, 0.1) is 6.61 Å². The third kappa shape index (κ3) is 3.85. The minimum Gasteiger partial charge on any atom is -0.417 e. The minimum atomic E-state index is -2.07. The summed E-state index contributed by atoms with van der Waals surface area (Å²) in [5.74, 6) is 0. The van der Waals surface area contributed by atoms with Gasteiger partial charge in [-0.2, -0.15) is 0 Å². The van der Waals surface area contributed by atoms with Gasteiger partial charge in [-0.15, -0.1) is 0 Å². The lowest BCUT2D eigenvalue weighted by Crippen LogP contribution is -2.47. The molecule has 0 heterocycles. The molecule has 0 saturated heterocycles. The van der Waals surface area contributed by atoms with E-state index in [2.05, 4.69) is 10.5 Å². The van der Waals surface area contributed by atoms with Crippen molar-refractivity contribution in [3.63, 3.8) is 0 Å². The smallest absolute Gasteiger partial charge is 0.406 e. The van der Waals surface area contributed by atoms with Crippen molar-refractivity contribution in [2.45, 2.75) is 24.6 Å². The van der Waals surface area contributed by atoms with Crippen LogP contribution in [0.5, 0.6) is 0 Å². The van der Waals surface area contributed by atoms with E-state index in [9.17, 15) is 4.79 Å². The molecule has 4 atom stereocenters. The number of amides is 1. The topological polar surface area (TPSA) is 153 Å². The van der Waals surface area contributed by atoms with Crippen LogP contribution in [-0.2, 0) is 4.74 Å². The molecule has 0 radical (unpaired) electrons. The molecule has 7 N–H and O–H groups in total. The number of hydrogen-bond acceptors (Lipinski definition) is 7. The molecule has 0 aliphatic rings. The molecule has 0 bridgehead atoms. The van der Waals surface area contributed by atoms with E-state index in [-0.39, 0.29) is 0 Å². The minimum absolute atomic E-state index is 0.818. The quantitative estimate of drug-likeness (QED) is 0.257. The number of ether oxygens (including phenoxy) is 1. The first-order chi connectivity index (χ1) is 6.40. The predicted octanol–water partition coefficient (Wildman–Crippen LogP) is -3.52. The SMILES string of the molecule is NC(=O)OC(O)[C@@H](O)[C@H](O)[C@H](O)CO. The van der Waals surface area contributed by atoms with Gasteiger partial charge >= 0.3 is 6.09 Å². The van der Waals surface area contributed by atoms with Crippen LogP contribution in [0.25, 0.3) is 0 Å². The van der Waals surface area contributed by atoms with Crippen molar-refractivity contribution in [2.24, 2.45) is 5.73 Å². The van der Waals surface area contributed by atoms with Crippen molar-refractivity contribution < 1.29 is 35.1 Å². The molecule has 0 aromatic rings. The third-order valence-electron chi connectivity index (χ3n) is 1.46. The maximum atomic E-state index is 10.1. The maximum Gasteiger partial charge on any atom is 0.406 e. The van der Waals surface area contributed by atoms with Crippen molar-refractivity contribution in [1.29, 1.82) is 0 Å². The van der Waals surface area contributed by atoms with E-state index in [1.807, 2.05) is 0 Å². The number of rotatable bonds is 5. The van der Waals surface area contributed by atoms with Crippen molar-refractivity contribution in [3.05, 3.63) is 0 Å². The second-order valence-corrected chi connectivity index (χ2v) is 2.56. The predicted molar refractivity (Wildman–Crippen MR) is 41.8 cm³/mol. The summed E-state index contributed by atoms with van der Waals surface area (Å²) in [6.45, 7) is -0.818. The lowest BCUT2D eigenvalue weighted by molar-refractivity contribution is -0.179. The zero-order valence-corrected chi connectivity index (χ0v) is 7.15. The number of aliphatic hydroxyl groups excluding tert-OH is 5. The molecule has 1 amide bonds. The highest BCUT2D eigenvalue weighted by molar-refractivity contribution is 5.64. The lowest BCUT2D eigenvalue weighted by Gasteiger charge is -2.24. The van der Waals surface area contributed by atoms with Gasteiger partial charge in [0.2, 0.25) is 6.29 Å². The van der Waals surface area contributed by atoms with Gasteiger partial charge in [0.25, 0.3) is 0 Å². The van der Waals surface area contributed by atoms with E-state index >= 15 is 0 Å². The van der Waals surface area contributed by atoms with Gasteiger partial charge < -0.3 is 36.0 Å². The van der Waals surface area contributed by atoms with Crippen LogP contribution in [0.15, 0.2) is 0 Å². The molecule has 0 aliphatic heterocycles. The van der Waals surface area contributed by atoms with E-state index in [0.29, 0.717) is 0 Å². The molecular formula is C6H13NO7. The lowest BCUT2D eigenvalue weighted by atomic mass is 10.1. The molecule has 0 saturated carbocycles. The Morgan fingerprint density at radius 3 is 2.07 bits per heavy atom. The van der Waals surface area contributed by atoms with E-state index in [4.69, 9.17) is 25.5 Å². The van der Waals surface area contributed by atoms with Gasteiger partial charge in [0.1, 0.15) is 18.3 Å². The number of hydrogen-bond donors (Lipinski definition) is 6. The van der Waals surface area contributed by atoms with Gasteiger partial charge in [0.15, 0.2) is 0 Å². The second-order valence-electron chi connectivity index (χ2n) is 2.56. The molecular weight excluding hydrogens is 198 g/mol. The van der Waals surface area contributed by atoms with Crippen molar-refractivity contribution in [2.75, 3.05) is 6.61 Å². The Balaban J connectivity index is 4.15. The maximum absolute atomic E-state index is 10.1. The summed E-state index contributed by atoms with van der Waals surface area (Å²) < 4.78 is 3.92. The Morgan fingerprint density at radius 1 is 1.21 bits per heavy atom. The molecule has 0 spiro atoms. The monoisotopic (exact) mass is 211 g/mol. The first kappa shape index (κ1) is 13.1. The molecule has 0 rings (SSSR count). The molecule has 1 unspecified atom stereocenters. The van der Waals surface area contributed by atoms with Gasteiger partial charge in [-0.05, 0) is 0 Å². The third-order valence-corrected chi connectivity index (χ3v) is 1.46. The van der Waals surface area contributed by atoms with Crippen LogP contribution in [0.2, 0.25) is 0 Å². The Kier molecular flexibility index (Phi) is 5.35. The van der Waals surface area contributed by atoms with Gasteiger partial charge in [-0.25, -0.2) is 4.79 Å². The molecule has 0 aromatic carbocycles. The molecule has 14 heavy (non-hydrogen) atoms. The number of carbonyl (C=O) groups excluding carboxylic acids is 1. The zero-order chi connectivity index (χ0) is 11.3. The van der Waals surface area contributed by atoms with E-state index < -0.39 is 37.3 Å². The first-order valence-corrected chi connectivity index (χ1v) is 3.69. The van der Waals surface area contributed by atoms with Crippen LogP contribution in [0.1, 0.15) is 0 Å². The number of primary amides is 1. The number of nitrogens with two attached hydrogens (primary N) is 1. The fourth-order valence-electron chi connectivity index (χ4n) is 0.693. The van der Waals surface area contributed by atoms with E-state index in [1.165, 1.54) is 0 Å². The summed E-state index contributed by atoms with van der Waals surface area (Å²) in [5.41, 5.74) is 4.51. The highest BCUT2D eigenvalue weighted by Gasteiger charge is 2.31. The number of carbonyl (C=O) groups is 1. The van der Waals surface area contributed by atoms with Gasteiger partial charge in [-0.1, -0.05) is 0 Å². The van der Waals surface area contributed by atoms with Crippen molar-refractivity contribution in [1.82, 2.24) is 0 Å². The molecule has 0 aromatic heterocycles. The van der Waals surface area contributed by atoms with E-state index in [1.54, 1.807) is 0 Å². The van der Waals surface area contributed by atoms with Gasteiger partial charge in [-0.3, -0.25) is 0 Å². The summed E-state index contributed by atoms with van der Waals surface area (Å²) in [6, 6.07) is 0. The van der Waals surface area contributed by atoms with Crippen LogP contribution in [0.4, 0.5) is 4.79 Å². The van der Waals surface area contributed by atoms with Crippen LogP contribution < -0.4 is 5.73 Å². The normalized spacial score (nSPS) is 19.5. The Bertz CT molecular complexity index is 187. The summed E-state index contributed by atoms with van der Waals surface area (Å²) in [7, 11) is 0. The van der Waals surface area contributed by atoms with Crippen LogP contribution in [0.3, 0.4) is 0 Å². The highest BCUT2D eigenvalue weighted by Crippen LogP contribution is 2.05. The average Bonchev–Trinajstić information content (AvgIpc) is 2.13. The summed E-state index contributed by atoms with van der Waals surface area (Å²) in [6.07, 6.45) is -8.87. The summed E-state index contributed by atoms with van der Waals surface area (Å²) >= 11 is 0. The number of aliphatic hydroxyl groups is 5. The standard InChI is InChI=1S/C6H13NO7/c7-6(13)14-5(12)4(11)3(10)2(9)1-8/h2-5,8-12H,1H2,(H2,7,13)/t2-,3-,4+,5?/m1/s1. The molecule has 84 valence electrons.